The number of ether oxygens (including phenoxy) is 1. The molecule has 124 valence electrons. The first-order valence-electron chi connectivity index (χ1n) is 8.37. The molecule has 2 aromatic rings. The highest BCUT2D eigenvalue weighted by atomic mass is 19.1. The van der Waals surface area contributed by atoms with Crippen molar-refractivity contribution in [1.82, 2.24) is 19.8 Å². The molecule has 0 radical (unpaired) electrons. The van der Waals surface area contributed by atoms with Crippen molar-refractivity contribution in [1.29, 1.82) is 0 Å². The first-order chi connectivity index (χ1) is 11.2. The van der Waals surface area contributed by atoms with E-state index in [0.717, 1.165) is 36.5 Å². The lowest BCUT2D eigenvalue weighted by atomic mass is 10.1. The maximum absolute atomic E-state index is 13.4. The third-order valence-corrected chi connectivity index (χ3v) is 4.99. The van der Waals surface area contributed by atoms with Gasteiger partial charge in [-0.1, -0.05) is 0 Å². The maximum Gasteiger partial charge on any atom is 0.136 e. The Bertz CT molecular complexity index is 693. The lowest BCUT2D eigenvalue weighted by molar-refractivity contribution is 0.0547. The van der Waals surface area contributed by atoms with Crippen LogP contribution in [0.5, 0.6) is 0 Å². The molecule has 5 nitrogen and oxygen atoms in total. The van der Waals surface area contributed by atoms with Crippen LogP contribution in [-0.4, -0.2) is 53.8 Å². The van der Waals surface area contributed by atoms with Crippen LogP contribution >= 0.6 is 0 Å². The Labute approximate surface area is 135 Å². The zero-order valence-electron chi connectivity index (χ0n) is 13.5. The quantitative estimate of drug-likeness (QED) is 0.939. The summed E-state index contributed by atoms with van der Waals surface area (Å²) in [5, 5.41) is 3.69. The lowest BCUT2D eigenvalue weighted by Gasteiger charge is -2.32. The topological polar surface area (TPSA) is 42.3 Å². The summed E-state index contributed by atoms with van der Waals surface area (Å²) in [6.45, 7) is 4.34. The monoisotopic (exact) mass is 318 g/mol. The van der Waals surface area contributed by atoms with Gasteiger partial charge in [0, 0.05) is 18.7 Å². The van der Waals surface area contributed by atoms with Gasteiger partial charge in [-0.05, 0) is 45.1 Å². The molecule has 1 saturated heterocycles. The van der Waals surface area contributed by atoms with Gasteiger partial charge in [-0.2, -0.15) is 0 Å². The van der Waals surface area contributed by atoms with Gasteiger partial charge in [0.15, 0.2) is 0 Å². The number of halogens is 1. The van der Waals surface area contributed by atoms with Crippen LogP contribution in [0.15, 0.2) is 18.2 Å². The summed E-state index contributed by atoms with van der Waals surface area (Å²) >= 11 is 0. The Balaban J connectivity index is 1.52. The van der Waals surface area contributed by atoms with E-state index < -0.39 is 0 Å². The molecule has 6 heteroatoms. The number of imidazole rings is 1. The van der Waals surface area contributed by atoms with Gasteiger partial charge in [0.05, 0.1) is 23.7 Å². The molecule has 0 unspecified atom stereocenters. The number of likely N-dealkylation sites (tertiary alicyclic amines) is 1. The van der Waals surface area contributed by atoms with Crippen molar-refractivity contribution >= 4 is 11.0 Å². The highest BCUT2D eigenvalue weighted by Crippen LogP contribution is 2.26. The van der Waals surface area contributed by atoms with Gasteiger partial charge in [0.2, 0.25) is 0 Å². The van der Waals surface area contributed by atoms with E-state index in [1.54, 1.807) is 0 Å². The Kier molecular flexibility index (Phi) is 4.05. The van der Waals surface area contributed by atoms with Gasteiger partial charge in [0.1, 0.15) is 18.2 Å². The van der Waals surface area contributed by atoms with E-state index in [2.05, 4.69) is 26.8 Å². The van der Waals surface area contributed by atoms with E-state index in [1.807, 2.05) is 6.07 Å². The molecule has 1 aromatic heterocycles. The zero-order valence-corrected chi connectivity index (χ0v) is 13.5. The van der Waals surface area contributed by atoms with Crippen molar-refractivity contribution < 1.29 is 9.13 Å². The van der Waals surface area contributed by atoms with Crippen molar-refractivity contribution in [3.05, 3.63) is 29.8 Å². The molecule has 1 N–H and O–H groups in total. The molecule has 0 aliphatic carbocycles. The van der Waals surface area contributed by atoms with Crippen LogP contribution in [0.4, 0.5) is 4.39 Å². The summed E-state index contributed by atoms with van der Waals surface area (Å²) in [7, 11) is 2.17. The van der Waals surface area contributed by atoms with Crippen molar-refractivity contribution in [3.8, 4) is 0 Å². The van der Waals surface area contributed by atoms with Crippen LogP contribution in [0.3, 0.4) is 0 Å². The first kappa shape index (κ1) is 15.1. The standard InChI is InChI=1S/C17H23FN4O/c1-21-6-4-13(5-7-21)19-9-14-10-23-11-17-20-15-8-12(18)2-3-16(15)22(14)17/h2-3,8,13-14,19H,4-7,9-11H2,1H3/t14-/m0/s1. The Hall–Kier alpha value is -1.50. The molecule has 4 rings (SSSR count). The molecular formula is C17H23FN4O. The smallest absolute Gasteiger partial charge is 0.136 e. The highest BCUT2D eigenvalue weighted by molar-refractivity contribution is 5.76. The molecule has 0 spiro atoms. The van der Waals surface area contributed by atoms with Crippen LogP contribution < -0.4 is 5.32 Å². The fraction of sp³-hybridized carbons (Fsp3) is 0.588. The molecule has 2 aliphatic rings. The van der Waals surface area contributed by atoms with Gasteiger partial charge in [0.25, 0.3) is 0 Å². The Morgan fingerprint density at radius 2 is 2.17 bits per heavy atom. The number of nitrogens with zero attached hydrogens (tertiary/aromatic N) is 3. The van der Waals surface area contributed by atoms with Crippen molar-refractivity contribution in [2.24, 2.45) is 0 Å². The summed E-state index contributed by atoms with van der Waals surface area (Å²) in [6, 6.07) is 5.63. The number of hydrogen-bond acceptors (Lipinski definition) is 4. The molecule has 1 fully saturated rings. The minimum atomic E-state index is -0.241. The SMILES string of the molecule is CN1CCC(NC[C@H]2COCc3nc4cc(F)ccc4n32)CC1. The second-order valence-electron chi connectivity index (χ2n) is 6.69. The van der Waals surface area contributed by atoms with Gasteiger partial charge < -0.3 is 19.5 Å². The summed E-state index contributed by atoms with van der Waals surface area (Å²) in [6.07, 6.45) is 2.37. The number of rotatable bonds is 3. The lowest BCUT2D eigenvalue weighted by Crippen LogP contribution is -2.44. The van der Waals surface area contributed by atoms with E-state index >= 15 is 0 Å². The number of fused-ring (bicyclic) bond motifs is 3. The van der Waals surface area contributed by atoms with Crippen LogP contribution in [-0.2, 0) is 11.3 Å². The maximum atomic E-state index is 13.4. The number of benzene rings is 1. The van der Waals surface area contributed by atoms with Crippen molar-refractivity contribution in [2.45, 2.75) is 31.5 Å². The van der Waals surface area contributed by atoms with E-state index in [1.165, 1.54) is 25.0 Å². The molecule has 3 heterocycles. The molecule has 2 aliphatic heterocycles. The zero-order chi connectivity index (χ0) is 15.8. The number of nitrogens with one attached hydrogen (secondary N) is 1. The normalized spacial score (nSPS) is 23.3. The van der Waals surface area contributed by atoms with Crippen LogP contribution in [0, 0.1) is 5.82 Å². The second-order valence-corrected chi connectivity index (χ2v) is 6.69. The number of piperidine rings is 1. The van der Waals surface area contributed by atoms with Crippen molar-refractivity contribution in [3.63, 3.8) is 0 Å². The minimum Gasteiger partial charge on any atom is -0.371 e. The molecule has 1 aromatic carbocycles. The van der Waals surface area contributed by atoms with E-state index in [0.29, 0.717) is 19.3 Å². The third-order valence-electron chi connectivity index (χ3n) is 4.99. The fourth-order valence-electron chi connectivity index (χ4n) is 3.66. The van der Waals surface area contributed by atoms with E-state index in [9.17, 15) is 4.39 Å². The summed E-state index contributed by atoms with van der Waals surface area (Å²) in [4.78, 5) is 6.91. The fourth-order valence-corrected chi connectivity index (χ4v) is 3.66. The summed E-state index contributed by atoms with van der Waals surface area (Å²) < 4.78 is 21.3. The average molecular weight is 318 g/mol. The molecule has 0 amide bonds. The van der Waals surface area contributed by atoms with Gasteiger partial charge >= 0.3 is 0 Å². The third kappa shape index (κ3) is 2.98. The predicted molar refractivity (Wildman–Crippen MR) is 86.9 cm³/mol. The Morgan fingerprint density at radius 3 is 3.00 bits per heavy atom. The van der Waals surface area contributed by atoms with Crippen LogP contribution in [0.25, 0.3) is 11.0 Å². The number of hydrogen-bond donors (Lipinski definition) is 1. The predicted octanol–water partition coefficient (Wildman–Crippen LogP) is 1.93. The van der Waals surface area contributed by atoms with Gasteiger partial charge in [-0.3, -0.25) is 0 Å². The van der Waals surface area contributed by atoms with Crippen LogP contribution in [0.2, 0.25) is 0 Å². The molecular weight excluding hydrogens is 295 g/mol. The van der Waals surface area contributed by atoms with Crippen LogP contribution in [0.1, 0.15) is 24.7 Å². The molecule has 1 atom stereocenters. The first-order valence-corrected chi connectivity index (χ1v) is 8.37. The van der Waals surface area contributed by atoms with E-state index in [-0.39, 0.29) is 11.9 Å². The average Bonchev–Trinajstić information content (AvgIpc) is 2.92. The number of aromatic nitrogens is 2. The minimum absolute atomic E-state index is 0.217. The van der Waals surface area contributed by atoms with Gasteiger partial charge in [-0.15, -0.1) is 0 Å². The summed E-state index contributed by atoms with van der Waals surface area (Å²) in [5.74, 6) is 0.655. The van der Waals surface area contributed by atoms with Crippen molar-refractivity contribution in [2.75, 3.05) is 33.3 Å². The summed E-state index contributed by atoms with van der Waals surface area (Å²) in [5.41, 5.74) is 1.72. The second kappa shape index (κ2) is 6.19. The Morgan fingerprint density at radius 1 is 1.35 bits per heavy atom. The largest absolute Gasteiger partial charge is 0.371 e. The van der Waals surface area contributed by atoms with E-state index in [4.69, 9.17) is 4.74 Å². The molecule has 0 bridgehead atoms. The highest BCUT2D eigenvalue weighted by Gasteiger charge is 2.25. The van der Waals surface area contributed by atoms with Gasteiger partial charge in [-0.25, -0.2) is 9.37 Å². The molecule has 23 heavy (non-hydrogen) atoms. The molecule has 0 saturated carbocycles.